The number of carbonyl (C=O) groups excluding carboxylic acids is 3. The van der Waals surface area contributed by atoms with Gasteiger partial charge in [-0.15, -0.1) is 0 Å². The lowest BCUT2D eigenvalue weighted by Gasteiger charge is -2.29. The quantitative estimate of drug-likeness (QED) is 0.727. The van der Waals surface area contributed by atoms with Gasteiger partial charge in [0.2, 0.25) is 11.8 Å². The zero-order valence-corrected chi connectivity index (χ0v) is 15.3. The molecule has 0 saturated carbocycles. The van der Waals surface area contributed by atoms with Crippen LogP contribution in [-0.2, 0) is 22.7 Å². The molecule has 26 heavy (non-hydrogen) atoms. The third kappa shape index (κ3) is 3.64. The highest BCUT2D eigenvalue weighted by atomic mass is 16.2. The van der Waals surface area contributed by atoms with Crippen molar-refractivity contribution in [3.63, 3.8) is 0 Å². The molecule has 7 heteroatoms. The van der Waals surface area contributed by atoms with Crippen LogP contribution in [0.5, 0.6) is 0 Å². The van der Waals surface area contributed by atoms with E-state index in [0.717, 1.165) is 24.1 Å². The maximum absolute atomic E-state index is 12.8. The van der Waals surface area contributed by atoms with Gasteiger partial charge in [-0.1, -0.05) is 12.1 Å². The van der Waals surface area contributed by atoms with Gasteiger partial charge >= 0.3 is 0 Å². The van der Waals surface area contributed by atoms with E-state index in [2.05, 4.69) is 17.1 Å². The summed E-state index contributed by atoms with van der Waals surface area (Å²) >= 11 is 0. The van der Waals surface area contributed by atoms with Gasteiger partial charge in [0.15, 0.2) is 0 Å². The van der Waals surface area contributed by atoms with Crippen molar-refractivity contribution >= 4 is 17.7 Å². The molecular weight excluding hydrogens is 332 g/mol. The molecule has 1 fully saturated rings. The number of hydrogen-bond acceptors (Lipinski definition) is 5. The summed E-state index contributed by atoms with van der Waals surface area (Å²) in [7, 11) is 2.05. The van der Waals surface area contributed by atoms with E-state index < -0.39 is 6.04 Å². The molecule has 2 atom stereocenters. The first-order valence-electron chi connectivity index (χ1n) is 9.07. The zero-order chi connectivity index (χ0) is 18.8. The molecule has 2 heterocycles. The van der Waals surface area contributed by atoms with E-state index in [1.54, 1.807) is 4.90 Å². The summed E-state index contributed by atoms with van der Waals surface area (Å²) in [6, 6.07) is 5.73. The van der Waals surface area contributed by atoms with Crippen molar-refractivity contribution in [2.75, 3.05) is 13.6 Å². The Balaban J connectivity index is 1.73. The fourth-order valence-electron chi connectivity index (χ4n) is 3.61. The minimum atomic E-state index is -0.566. The van der Waals surface area contributed by atoms with Gasteiger partial charge in [-0.3, -0.25) is 24.6 Å². The SMILES string of the molecule is CC(CCN)N(C)Cc1ccc2c(c1)C(=O)N(C1CCC(=O)NC1=O)C2. The molecule has 2 aliphatic heterocycles. The molecule has 3 rings (SSSR count). The monoisotopic (exact) mass is 358 g/mol. The maximum atomic E-state index is 12.8. The Kier molecular flexibility index (Phi) is 5.38. The summed E-state index contributed by atoms with van der Waals surface area (Å²) in [6.07, 6.45) is 1.58. The largest absolute Gasteiger partial charge is 0.330 e. The molecule has 1 aromatic carbocycles. The fourth-order valence-corrected chi connectivity index (χ4v) is 3.61. The van der Waals surface area contributed by atoms with Gasteiger partial charge in [0, 0.05) is 31.1 Å². The van der Waals surface area contributed by atoms with Crippen LogP contribution in [0.2, 0.25) is 0 Å². The minimum absolute atomic E-state index is 0.131. The average molecular weight is 358 g/mol. The Hall–Kier alpha value is -2.25. The molecule has 3 amide bonds. The number of nitrogens with two attached hydrogens (primary N) is 1. The zero-order valence-electron chi connectivity index (χ0n) is 15.3. The Morgan fingerprint density at radius 1 is 1.35 bits per heavy atom. The van der Waals surface area contributed by atoms with E-state index in [-0.39, 0.29) is 24.1 Å². The second kappa shape index (κ2) is 7.55. The van der Waals surface area contributed by atoms with Crippen LogP contribution >= 0.6 is 0 Å². The van der Waals surface area contributed by atoms with E-state index in [9.17, 15) is 14.4 Å². The number of imide groups is 1. The molecule has 1 saturated heterocycles. The summed E-state index contributed by atoms with van der Waals surface area (Å²) in [5.41, 5.74) is 8.28. The first-order valence-corrected chi connectivity index (χ1v) is 9.07. The van der Waals surface area contributed by atoms with Gasteiger partial charge in [0.05, 0.1) is 0 Å². The summed E-state index contributed by atoms with van der Waals surface area (Å²) < 4.78 is 0. The highest BCUT2D eigenvalue weighted by Crippen LogP contribution is 2.28. The first kappa shape index (κ1) is 18.5. The molecule has 3 N–H and O–H groups in total. The Morgan fingerprint density at radius 3 is 2.81 bits per heavy atom. The molecular formula is C19H26N4O3. The third-order valence-corrected chi connectivity index (χ3v) is 5.36. The van der Waals surface area contributed by atoms with E-state index >= 15 is 0 Å². The molecule has 0 radical (unpaired) electrons. The van der Waals surface area contributed by atoms with E-state index in [1.165, 1.54) is 0 Å². The van der Waals surface area contributed by atoms with Crippen LogP contribution in [0.1, 0.15) is 47.7 Å². The van der Waals surface area contributed by atoms with Gasteiger partial charge in [-0.2, -0.15) is 0 Å². The van der Waals surface area contributed by atoms with Crippen molar-refractivity contribution in [3.8, 4) is 0 Å². The van der Waals surface area contributed by atoms with Gasteiger partial charge in [-0.05, 0) is 50.6 Å². The van der Waals surface area contributed by atoms with Crippen LogP contribution in [-0.4, -0.2) is 53.2 Å². The van der Waals surface area contributed by atoms with Crippen molar-refractivity contribution in [3.05, 3.63) is 34.9 Å². The van der Waals surface area contributed by atoms with Crippen LogP contribution in [0.4, 0.5) is 0 Å². The van der Waals surface area contributed by atoms with Crippen molar-refractivity contribution in [1.29, 1.82) is 0 Å². The molecule has 7 nitrogen and oxygen atoms in total. The molecule has 140 valence electrons. The average Bonchev–Trinajstić information content (AvgIpc) is 2.91. The second-order valence-electron chi connectivity index (χ2n) is 7.23. The van der Waals surface area contributed by atoms with E-state index in [4.69, 9.17) is 5.73 Å². The van der Waals surface area contributed by atoms with Crippen molar-refractivity contribution in [2.45, 2.75) is 51.4 Å². The number of benzene rings is 1. The molecule has 2 aliphatic rings. The summed E-state index contributed by atoms with van der Waals surface area (Å²) in [6.45, 7) is 3.94. The lowest BCUT2D eigenvalue weighted by atomic mass is 10.0. The first-order chi connectivity index (χ1) is 12.4. The Labute approximate surface area is 153 Å². The summed E-state index contributed by atoms with van der Waals surface area (Å²) in [5.74, 6) is -0.778. The number of rotatable bonds is 6. The summed E-state index contributed by atoms with van der Waals surface area (Å²) in [4.78, 5) is 40.1. The second-order valence-corrected chi connectivity index (χ2v) is 7.23. The molecule has 0 aromatic heterocycles. The number of hydrogen-bond donors (Lipinski definition) is 2. The van der Waals surface area contributed by atoms with Crippen LogP contribution in [0.3, 0.4) is 0 Å². The molecule has 1 aromatic rings. The van der Waals surface area contributed by atoms with Crippen LogP contribution in [0.25, 0.3) is 0 Å². The normalized spacial score (nSPS) is 21.2. The number of nitrogens with zero attached hydrogens (tertiary/aromatic N) is 2. The standard InChI is InChI=1S/C19H26N4O3/c1-12(7-8-20)22(2)10-13-3-4-14-11-23(19(26)15(14)9-13)16-5-6-17(24)21-18(16)25/h3-4,9,12,16H,5-8,10-11,20H2,1-2H3,(H,21,24,25). The predicted molar refractivity (Wildman–Crippen MR) is 97.1 cm³/mol. The maximum Gasteiger partial charge on any atom is 0.255 e. The Bertz CT molecular complexity index is 733. The number of fused-ring (bicyclic) bond motifs is 1. The molecule has 2 unspecified atom stereocenters. The van der Waals surface area contributed by atoms with Gasteiger partial charge in [0.25, 0.3) is 5.91 Å². The topological polar surface area (TPSA) is 95.7 Å². The van der Waals surface area contributed by atoms with Crippen LogP contribution in [0.15, 0.2) is 18.2 Å². The lowest BCUT2D eigenvalue weighted by molar-refractivity contribution is -0.136. The minimum Gasteiger partial charge on any atom is -0.330 e. The molecule has 0 spiro atoms. The highest BCUT2D eigenvalue weighted by molar-refractivity contribution is 6.05. The van der Waals surface area contributed by atoms with Crippen molar-refractivity contribution < 1.29 is 14.4 Å². The van der Waals surface area contributed by atoms with Gasteiger partial charge in [0.1, 0.15) is 6.04 Å². The number of amides is 3. The predicted octanol–water partition coefficient (Wildman–Crippen LogP) is 0.617. The van der Waals surface area contributed by atoms with E-state index in [1.807, 2.05) is 25.2 Å². The lowest BCUT2D eigenvalue weighted by Crippen LogP contribution is -2.52. The number of carbonyl (C=O) groups is 3. The van der Waals surface area contributed by atoms with Crippen molar-refractivity contribution in [1.82, 2.24) is 15.1 Å². The summed E-state index contributed by atoms with van der Waals surface area (Å²) in [5, 5.41) is 2.33. The number of nitrogens with one attached hydrogen (secondary N) is 1. The Morgan fingerprint density at radius 2 is 2.12 bits per heavy atom. The molecule has 0 aliphatic carbocycles. The van der Waals surface area contributed by atoms with Gasteiger partial charge in [-0.25, -0.2) is 0 Å². The third-order valence-electron chi connectivity index (χ3n) is 5.36. The molecule has 0 bridgehead atoms. The number of piperidine rings is 1. The smallest absolute Gasteiger partial charge is 0.255 e. The van der Waals surface area contributed by atoms with Crippen molar-refractivity contribution in [2.24, 2.45) is 5.73 Å². The van der Waals surface area contributed by atoms with Crippen LogP contribution in [0, 0.1) is 0 Å². The van der Waals surface area contributed by atoms with Gasteiger partial charge < -0.3 is 10.6 Å². The highest BCUT2D eigenvalue weighted by Gasteiger charge is 2.39. The fraction of sp³-hybridized carbons (Fsp3) is 0.526. The van der Waals surface area contributed by atoms with E-state index in [0.29, 0.717) is 31.1 Å². The van der Waals surface area contributed by atoms with Crippen LogP contribution < -0.4 is 11.1 Å².